The zero-order chi connectivity index (χ0) is 8.27. The maximum Gasteiger partial charge on any atom is 0.354 e. The Morgan fingerprint density at radius 1 is 1.82 bits per heavy atom. The smallest absolute Gasteiger partial charge is 0.354 e. The number of hydrogen-bond donors (Lipinski definition) is 1. The van der Waals surface area contributed by atoms with Crippen molar-refractivity contribution < 1.29 is 14.5 Å². The number of carboxylic acid groups (broad SMARTS) is 1. The van der Waals surface area contributed by atoms with Gasteiger partial charge in [0, 0.05) is 17.2 Å². The number of carbonyl (C=O) groups is 1. The minimum Gasteiger partial charge on any atom is -0.610 e. The van der Waals surface area contributed by atoms with Crippen molar-refractivity contribution in [2.75, 3.05) is 5.75 Å². The lowest BCUT2D eigenvalue weighted by Gasteiger charge is -2.03. The van der Waals surface area contributed by atoms with Crippen molar-refractivity contribution in [1.82, 2.24) is 0 Å². The molecule has 11 heavy (non-hydrogen) atoms. The first-order chi connectivity index (χ1) is 5.20. The van der Waals surface area contributed by atoms with E-state index in [2.05, 4.69) is 0 Å². The van der Waals surface area contributed by atoms with E-state index in [1.165, 1.54) is 11.3 Å². The summed E-state index contributed by atoms with van der Waals surface area (Å²) in [7, 11) is 0. The summed E-state index contributed by atoms with van der Waals surface area (Å²) in [5.74, 6) is -1.34. The Labute approximate surface area is 70.9 Å². The highest BCUT2D eigenvalue weighted by atomic mass is 32.2. The highest BCUT2D eigenvalue weighted by Crippen LogP contribution is 2.16. The van der Waals surface area contributed by atoms with Crippen LogP contribution in [0, 0.1) is 0 Å². The van der Waals surface area contributed by atoms with E-state index in [0.29, 0.717) is 4.21 Å². The molecule has 0 radical (unpaired) electrons. The quantitative estimate of drug-likeness (QED) is 0.721. The zero-order valence-corrected chi connectivity index (χ0v) is 7.15. The monoisotopic (exact) mass is 190 g/mol. The van der Waals surface area contributed by atoms with E-state index in [1.807, 2.05) is 0 Å². The summed E-state index contributed by atoms with van der Waals surface area (Å²) in [5, 5.41) is 10.1. The molecule has 0 spiro atoms. The first kappa shape index (κ1) is 8.58. The van der Waals surface area contributed by atoms with Crippen LogP contribution in [-0.2, 0) is 16.0 Å². The molecule has 5 heteroatoms. The van der Waals surface area contributed by atoms with Crippen molar-refractivity contribution in [3.05, 3.63) is 17.5 Å². The SMILES string of the molecule is O=C(O)C[S+]([O-])c1cccs1. The molecule has 1 heterocycles. The minimum absolute atomic E-state index is 0.305. The van der Waals surface area contributed by atoms with Crippen molar-refractivity contribution in [2.24, 2.45) is 0 Å². The van der Waals surface area contributed by atoms with Crippen LogP contribution in [0.1, 0.15) is 0 Å². The maximum atomic E-state index is 11.1. The predicted molar refractivity (Wildman–Crippen MR) is 43.2 cm³/mol. The van der Waals surface area contributed by atoms with Crippen molar-refractivity contribution >= 4 is 28.5 Å². The van der Waals surface area contributed by atoms with E-state index in [-0.39, 0.29) is 5.75 Å². The lowest BCUT2D eigenvalue weighted by molar-refractivity contribution is -0.134. The van der Waals surface area contributed by atoms with Crippen LogP contribution in [0.4, 0.5) is 0 Å². The first-order valence-corrected chi connectivity index (χ1v) is 5.03. The third-order valence-electron chi connectivity index (χ3n) is 0.974. The largest absolute Gasteiger partial charge is 0.610 e. The minimum atomic E-state index is -1.36. The van der Waals surface area contributed by atoms with E-state index >= 15 is 0 Å². The Bertz CT molecular complexity index is 232. The van der Waals surface area contributed by atoms with Crippen LogP contribution in [0.25, 0.3) is 0 Å². The van der Waals surface area contributed by atoms with Crippen LogP contribution in [0.2, 0.25) is 0 Å². The van der Waals surface area contributed by atoms with Gasteiger partial charge in [0.1, 0.15) is 0 Å². The third-order valence-corrected chi connectivity index (χ3v) is 3.58. The molecule has 0 aliphatic heterocycles. The molecular formula is C6H6O3S2. The Morgan fingerprint density at radius 2 is 2.55 bits per heavy atom. The van der Waals surface area contributed by atoms with Gasteiger partial charge in [-0.25, -0.2) is 4.79 Å². The molecule has 1 rings (SSSR count). The van der Waals surface area contributed by atoms with Gasteiger partial charge in [0.15, 0.2) is 0 Å². The average Bonchev–Trinajstić information content (AvgIpc) is 2.35. The summed E-state index contributed by atoms with van der Waals surface area (Å²) in [4.78, 5) is 10.1. The Hall–Kier alpha value is -0.520. The summed E-state index contributed by atoms with van der Waals surface area (Å²) in [6.45, 7) is 0. The molecule has 0 aliphatic rings. The Morgan fingerprint density at radius 3 is 3.00 bits per heavy atom. The standard InChI is InChI=1S/C6H6O3S2/c7-5(8)4-11(9)6-2-1-3-10-6/h1-3H,4H2,(H,7,8). The zero-order valence-electron chi connectivity index (χ0n) is 5.52. The van der Waals surface area contributed by atoms with E-state index in [4.69, 9.17) is 5.11 Å². The molecule has 1 N–H and O–H groups in total. The molecular weight excluding hydrogens is 184 g/mol. The summed E-state index contributed by atoms with van der Waals surface area (Å²) in [6, 6.07) is 3.42. The second-order valence-electron chi connectivity index (χ2n) is 1.82. The fourth-order valence-electron chi connectivity index (χ4n) is 0.576. The maximum absolute atomic E-state index is 11.1. The third kappa shape index (κ3) is 2.53. The van der Waals surface area contributed by atoms with Crippen LogP contribution in [0.3, 0.4) is 0 Å². The van der Waals surface area contributed by atoms with Crippen molar-refractivity contribution in [1.29, 1.82) is 0 Å². The van der Waals surface area contributed by atoms with E-state index in [0.717, 1.165) is 0 Å². The summed E-state index contributed by atoms with van der Waals surface area (Å²) in [5.41, 5.74) is 0. The lowest BCUT2D eigenvalue weighted by atomic mass is 10.7. The van der Waals surface area contributed by atoms with Gasteiger partial charge in [0.2, 0.25) is 9.96 Å². The topological polar surface area (TPSA) is 60.4 Å². The average molecular weight is 190 g/mol. The fourth-order valence-corrected chi connectivity index (χ4v) is 2.39. The molecule has 1 atom stereocenters. The molecule has 60 valence electrons. The molecule has 0 saturated heterocycles. The van der Waals surface area contributed by atoms with Gasteiger partial charge < -0.3 is 9.66 Å². The molecule has 0 saturated carbocycles. The van der Waals surface area contributed by atoms with Gasteiger partial charge in [0.05, 0.1) is 0 Å². The van der Waals surface area contributed by atoms with Gasteiger partial charge in [-0.3, -0.25) is 0 Å². The Kier molecular flexibility index (Phi) is 2.92. The predicted octanol–water partition coefficient (Wildman–Crippen LogP) is 0.940. The second kappa shape index (κ2) is 3.75. The number of carboxylic acids is 1. The summed E-state index contributed by atoms with van der Waals surface area (Å²) < 4.78 is 11.7. The van der Waals surface area contributed by atoms with Crippen molar-refractivity contribution in [3.63, 3.8) is 0 Å². The van der Waals surface area contributed by atoms with Crippen LogP contribution >= 0.6 is 11.3 Å². The van der Waals surface area contributed by atoms with Gasteiger partial charge in [0.25, 0.3) is 0 Å². The fraction of sp³-hybridized carbons (Fsp3) is 0.167. The molecule has 1 unspecified atom stereocenters. The molecule has 1 aromatic rings. The first-order valence-electron chi connectivity index (χ1n) is 2.84. The van der Waals surface area contributed by atoms with Gasteiger partial charge in [-0.05, 0) is 11.4 Å². The van der Waals surface area contributed by atoms with Crippen molar-refractivity contribution in [2.45, 2.75) is 4.21 Å². The lowest BCUT2D eigenvalue weighted by Crippen LogP contribution is -2.14. The molecule has 1 aromatic heterocycles. The number of hydrogen-bond acceptors (Lipinski definition) is 3. The van der Waals surface area contributed by atoms with Crippen LogP contribution in [0.15, 0.2) is 21.7 Å². The van der Waals surface area contributed by atoms with Crippen LogP contribution < -0.4 is 0 Å². The normalized spacial score (nSPS) is 12.8. The second-order valence-corrected chi connectivity index (χ2v) is 4.44. The van der Waals surface area contributed by atoms with Gasteiger partial charge >= 0.3 is 5.97 Å². The van der Waals surface area contributed by atoms with Gasteiger partial charge in [-0.1, -0.05) is 11.3 Å². The number of rotatable bonds is 3. The van der Waals surface area contributed by atoms with Crippen LogP contribution in [-0.4, -0.2) is 21.4 Å². The van der Waals surface area contributed by atoms with Gasteiger partial charge in [-0.2, -0.15) is 0 Å². The highest BCUT2D eigenvalue weighted by Gasteiger charge is 2.15. The molecule has 0 aliphatic carbocycles. The molecule has 0 aromatic carbocycles. The molecule has 0 bridgehead atoms. The van der Waals surface area contributed by atoms with E-state index in [1.54, 1.807) is 17.5 Å². The summed E-state index contributed by atoms with van der Waals surface area (Å²) in [6.07, 6.45) is 0. The molecule has 0 amide bonds. The van der Waals surface area contributed by atoms with Crippen molar-refractivity contribution in [3.8, 4) is 0 Å². The highest BCUT2D eigenvalue weighted by molar-refractivity contribution is 7.94. The molecule has 3 nitrogen and oxygen atoms in total. The number of aliphatic carboxylic acids is 1. The number of thiophene rings is 1. The van der Waals surface area contributed by atoms with E-state index in [9.17, 15) is 9.35 Å². The van der Waals surface area contributed by atoms with Crippen LogP contribution in [0.5, 0.6) is 0 Å². The van der Waals surface area contributed by atoms with E-state index < -0.39 is 17.1 Å². The summed E-state index contributed by atoms with van der Waals surface area (Å²) >= 11 is -0.0539. The molecule has 0 fully saturated rings. The van der Waals surface area contributed by atoms with Gasteiger partial charge in [-0.15, -0.1) is 0 Å². The Balaban J connectivity index is 2.56.